The van der Waals surface area contributed by atoms with Crippen LogP contribution in [0.1, 0.15) is 29.8 Å². The summed E-state index contributed by atoms with van der Waals surface area (Å²) in [6.07, 6.45) is 0.861. The maximum Gasteiger partial charge on any atom is 0.251 e. The highest BCUT2D eigenvalue weighted by molar-refractivity contribution is 5.97. The van der Waals surface area contributed by atoms with Gasteiger partial charge in [-0.25, -0.2) is 0 Å². The third kappa shape index (κ3) is 2.99. The first-order chi connectivity index (χ1) is 9.52. The number of hydrogen-bond acceptors (Lipinski definition) is 3. The molecule has 1 aromatic rings. The van der Waals surface area contributed by atoms with E-state index in [4.69, 9.17) is 5.11 Å². The minimum absolute atomic E-state index is 0.0234. The molecule has 108 valence electrons. The van der Waals surface area contributed by atoms with Crippen molar-refractivity contribution in [3.63, 3.8) is 0 Å². The average Bonchev–Trinajstić information content (AvgIpc) is 2.42. The van der Waals surface area contributed by atoms with Crippen LogP contribution in [0.25, 0.3) is 0 Å². The van der Waals surface area contributed by atoms with Crippen LogP contribution in [0.3, 0.4) is 0 Å². The standard InChI is InChI=1S/C15H20N2O3/c1-10-7-13-8-12(15(20)16-5-6-18)3-4-14(13)17(9-10)11(2)19/h3-4,8,10,18H,5-7,9H2,1-2H3,(H,16,20). The molecule has 1 aliphatic rings. The van der Waals surface area contributed by atoms with E-state index in [9.17, 15) is 9.59 Å². The van der Waals surface area contributed by atoms with Crippen LogP contribution in [0.5, 0.6) is 0 Å². The first kappa shape index (κ1) is 14.5. The zero-order chi connectivity index (χ0) is 14.7. The Bertz CT molecular complexity index is 528. The smallest absolute Gasteiger partial charge is 0.251 e. The number of nitrogens with zero attached hydrogens (tertiary/aromatic N) is 1. The summed E-state index contributed by atoms with van der Waals surface area (Å²) in [6.45, 7) is 4.54. The maximum absolute atomic E-state index is 11.9. The third-order valence-corrected chi connectivity index (χ3v) is 3.47. The molecule has 1 unspecified atom stereocenters. The van der Waals surface area contributed by atoms with E-state index in [1.165, 1.54) is 0 Å². The summed E-state index contributed by atoms with van der Waals surface area (Å²) in [5.74, 6) is 0.201. The number of anilines is 1. The van der Waals surface area contributed by atoms with Crippen molar-refractivity contribution in [1.29, 1.82) is 0 Å². The van der Waals surface area contributed by atoms with Crippen LogP contribution in [-0.2, 0) is 11.2 Å². The molecule has 2 amide bonds. The van der Waals surface area contributed by atoms with Crippen LogP contribution in [0.15, 0.2) is 18.2 Å². The first-order valence-electron chi connectivity index (χ1n) is 6.83. The van der Waals surface area contributed by atoms with Crippen molar-refractivity contribution in [2.75, 3.05) is 24.6 Å². The molecule has 5 nitrogen and oxygen atoms in total. The van der Waals surface area contributed by atoms with Crippen LogP contribution in [0.2, 0.25) is 0 Å². The second kappa shape index (κ2) is 6.05. The Labute approximate surface area is 118 Å². The van der Waals surface area contributed by atoms with Gasteiger partial charge in [0.15, 0.2) is 0 Å². The van der Waals surface area contributed by atoms with Crippen molar-refractivity contribution < 1.29 is 14.7 Å². The maximum atomic E-state index is 11.9. The fourth-order valence-electron chi connectivity index (χ4n) is 2.57. The van der Waals surface area contributed by atoms with E-state index in [2.05, 4.69) is 12.2 Å². The number of hydrogen-bond donors (Lipinski definition) is 2. The normalized spacial score (nSPS) is 17.6. The number of carbonyl (C=O) groups excluding carboxylic acids is 2. The summed E-state index contributed by atoms with van der Waals surface area (Å²) in [5, 5.41) is 11.4. The molecular formula is C15H20N2O3. The minimum Gasteiger partial charge on any atom is -0.395 e. The molecule has 2 N–H and O–H groups in total. The van der Waals surface area contributed by atoms with Gasteiger partial charge in [-0.15, -0.1) is 0 Å². The Kier molecular flexibility index (Phi) is 4.39. The van der Waals surface area contributed by atoms with Crippen molar-refractivity contribution in [1.82, 2.24) is 5.32 Å². The lowest BCUT2D eigenvalue weighted by atomic mass is 9.92. The van der Waals surface area contributed by atoms with E-state index < -0.39 is 0 Å². The molecule has 2 rings (SSSR count). The number of aliphatic hydroxyl groups excluding tert-OH is 1. The van der Waals surface area contributed by atoms with E-state index in [1.54, 1.807) is 17.9 Å². The Morgan fingerprint density at radius 2 is 2.20 bits per heavy atom. The summed E-state index contributed by atoms with van der Waals surface area (Å²) in [6, 6.07) is 5.39. The molecular weight excluding hydrogens is 256 g/mol. The molecule has 0 bridgehead atoms. The lowest BCUT2D eigenvalue weighted by Crippen LogP contribution is -2.38. The molecule has 0 fully saturated rings. The van der Waals surface area contributed by atoms with Gasteiger partial charge in [0.2, 0.25) is 5.91 Å². The Morgan fingerprint density at radius 3 is 2.85 bits per heavy atom. The first-order valence-corrected chi connectivity index (χ1v) is 6.83. The minimum atomic E-state index is -0.200. The monoisotopic (exact) mass is 276 g/mol. The number of carbonyl (C=O) groups is 2. The number of amides is 2. The number of benzene rings is 1. The highest BCUT2D eigenvalue weighted by atomic mass is 16.3. The zero-order valence-electron chi connectivity index (χ0n) is 11.8. The van der Waals surface area contributed by atoms with Gasteiger partial charge in [0.1, 0.15) is 0 Å². The summed E-state index contributed by atoms with van der Waals surface area (Å²) in [5.41, 5.74) is 2.49. The van der Waals surface area contributed by atoms with Gasteiger partial charge in [-0.1, -0.05) is 6.92 Å². The Morgan fingerprint density at radius 1 is 1.45 bits per heavy atom. The van der Waals surface area contributed by atoms with Crippen molar-refractivity contribution in [2.45, 2.75) is 20.3 Å². The van der Waals surface area contributed by atoms with Gasteiger partial charge in [0.25, 0.3) is 5.91 Å². The lowest BCUT2D eigenvalue weighted by Gasteiger charge is -2.32. The molecule has 0 aromatic heterocycles. The van der Waals surface area contributed by atoms with Gasteiger partial charge in [-0.3, -0.25) is 9.59 Å². The number of fused-ring (bicyclic) bond motifs is 1. The average molecular weight is 276 g/mol. The van der Waals surface area contributed by atoms with E-state index in [0.717, 1.165) is 24.2 Å². The van der Waals surface area contributed by atoms with Gasteiger partial charge in [0, 0.05) is 31.3 Å². The van der Waals surface area contributed by atoms with Crippen molar-refractivity contribution in [3.8, 4) is 0 Å². The molecule has 1 heterocycles. The lowest BCUT2D eigenvalue weighted by molar-refractivity contribution is -0.116. The van der Waals surface area contributed by atoms with Gasteiger partial charge < -0.3 is 15.3 Å². The van der Waals surface area contributed by atoms with E-state index in [1.807, 2.05) is 12.1 Å². The number of aliphatic hydroxyl groups is 1. The topological polar surface area (TPSA) is 69.6 Å². The molecule has 1 aromatic carbocycles. The Hall–Kier alpha value is -1.88. The van der Waals surface area contributed by atoms with Gasteiger partial charge in [-0.2, -0.15) is 0 Å². The van der Waals surface area contributed by atoms with Crippen LogP contribution in [-0.4, -0.2) is 36.6 Å². The van der Waals surface area contributed by atoms with Crippen molar-refractivity contribution in [2.24, 2.45) is 5.92 Å². The summed E-state index contributed by atoms with van der Waals surface area (Å²) < 4.78 is 0. The SMILES string of the molecule is CC(=O)N1CC(C)Cc2cc(C(=O)NCCO)ccc21. The summed E-state index contributed by atoms with van der Waals surface area (Å²) in [4.78, 5) is 25.3. The largest absolute Gasteiger partial charge is 0.395 e. The molecule has 0 spiro atoms. The predicted molar refractivity (Wildman–Crippen MR) is 76.8 cm³/mol. The molecule has 0 radical (unpaired) electrons. The van der Waals surface area contributed by atoms with Crippen molar-refractivity contribution >= 4 is 17.5 Å². The fraction of sp³-hybridized carbons (Fsp3) is 0.467. The third-order valence-electron chi connectivity index (χ3n) is 3.47. The van der Waals surface area contributed by atoms with Crippen molar-refractivity contribution in [3.05, 3.63) is 29.3 Å². The summed E-state index contributed by atoms with van der Waals surface area (Å²) >= 11 is 0. The number of rotatable bonds is 3. The van der Waals surface area contributed by atoms with Gasteiger partial charge in [0.05, 0.1) is 6.61 Å². The predicted octanol–water partition coefficient (Wildman–Crippen LogP) is 0.954. The van der Waals surface area contributed by atoms with E-state index in [-0.39, 0.29) is 25.0 Å². The second-order valence-corrected chi connectivity index (χ2v) is 5.26. The van der Waals surface area contributed by atoms with Gasteiger partial charge >= 0.3 is 0 Å². The van der Waals surface area contributed by atoms with Crippen LogP contribution in [0.4, 0.5) is 5.69 Å². The quantitative estimate of drug-likeness (QED) is 0.863. The molecule has 0 aliphatic carbocycles. The van der Waals surface area contributed by atoms with E-state index in [0.29, 0.717) is 11.5 Å². The van der Waals surface area contributed by atoms with E-state index >= 15 is 0 Å². The van der Waals surface area contributed by atoms with Crippen LogP contribution in [0, 0.1) is 5.92 Å². The van der Waals surface area contributed by atoms with Gasteiger partial charge in [-0.05, 0) is 36.1 Å². The number of nitrogens with one attached hydrogen (secondary N) is 1. The zero-order valence-corrected chi connectivity index (χ0v) is 11.8. The molecule has 0 saturated carbocycles. The molecule has 5 heteroatoms. The van der Waals surface area contributed by atoms with Crippen LogP contribution >= 0.6 is 0 Å². The molecule has 0 saturated heterocycles. The summed E-state index contributed by atoms with van der Waals surface area (Å²) in [7, 11) is 0. The highest BCUT2D eigenvalue weighted by Gasteiger charge is 2.25. The van der Waals surface area contributed by atoms with Crippen LogP contribution < -0.4 is 10.2 Å². The second-order valence-electron chi connectivity index (χ2n) is 5.26. The molecule has 20 heavy (non-hydrogen) atoms. The fourth-order valence-corrected chi connectivity index (χ4v) is 2.57. The molecule has 1 atom stereocenters. The molecule has 1 aliphatic heterocycles. The Balaban J connectivity index is 2.28. The highest BCUT2D eigenvalue weighted by Crippen LogP contribution is 2.30.